The van der Waals surface area contributed by atoms with Crippen LogP contribution >= 0.6 is 0 Å². The number of aromatic amines is 1. The molecule has 0 aliphatic carbocycles. The Balaban J connectivity index is 1.82. The molecule has 0 amide bonds. The quantitative estimate of drug-likeness (QED) is 0.318. The first-order valence-corrected chi connectivity index (χ1v) is 11.3. The molecular formula is C25H24N8O3. The van der Waals surface area contributed by atoms with E-state index < -0.39 is 11.5 Å². The van der Waals surface area contributed by atoms with E-state index in [1.807, 2.05) is 26.0 Å². The van der Waals surface area contributed by atoms with Gasteiger partial charge in [0.25, 0.3) is 5.56 Å². The summed E-state index contributed by atoms with van der Waals surface area (Å²) in [6, 6.07) is 5.39. The molecule has 1 aromatic carbocycles. The van der Waals surface area contributed by atoms with Gasteiger partial charge in [0.2, 0.25) is 5.95 Å². The van der Waals surface area contributed by atoms with E-state index >= 15 is 0 Å². The van der Waals surface area contributed by atoms with Crippen LogP contribution in [0.2, 0.25) is 0 Å². The van der Waals surface area contributed by atoms with Gasteiger partial charge in [-0.2, -0.15) is 5.10 Å². The van der Waals surface area contributed by atoms with Crippen LogP contribution in [-0.4, -0.2) is 42.3 Å². The Kier molecular flexibility index (Phi) is 5.59. The molecule has 182 valence electrons. The molecule has 11 nitrogen and oxygen atoms in total. The van der Waals surface area contributed by atoms with Crippen molar-refractivity contribution < 1.29 is 9.53 Å². The Hall–Kier alpha value is -4.80. The number of esters is 1. The van der Waals surface area contributed by atoms with Gasteiger partial charge in [-0.1, -0.05) is 6.07 Å². The summed E-state index contributed by atoms with van der Waals surface area (Å²) in [5, 5.41) is 11.0. The van der Waals surface area contributed by atoms with Crippen LogP contribution in [0.1, 0.15) is 34.0 Å². The van der Waals surface area contributed by atoms with Crippen LogP contribution in [-0.2, 0) is 4.74 Å². The highest BCUT2D eigenvalue weighted by Crippen LogP contribution is 2.31. The number of rotatable bonds is 5. The van der Waals surface area contributed by atoms with Crippen molar-refractivity contribution in [1.82, 2.24) is 29.7 Å². The van der Waals surface area contributed by atoms with Gasteiger partial charge < -0.3 is 15.8 Å². The molecule has 0 aliphatic heterocycles. The second kappa shape index (κ2) is 8.77. The van der Waals surface area contributed by atoms with E-state index in [1.165, 1.54) is 4.57 Å². The molecule has 11 heteroatoms. The van der Waals surface area contributed by atoms with E-state index in [9.17, 15) is 9.59 Å². The van der Waals surface area contributed by atoms with Crippen molar-refractivity contribution in [3.05, 3.63) is 69.4 Å². The van der Waals surface area contributed by atoms with Crippen molar-refractivity contribution in [2.75, 3.05) is 17.7 Å². The maximum atomic E-state index is 13.9. The Bertz CT molecular complexity index is 1700. The molecule has 4 N–H and O–H groups in total. The Morgan fingerprint density at radius 2 is 1.86 bits per heavy atom. The molecule has 0 aliphatic rings. The van der Waals surface area contributed by atoms with E-state index in [0.717, 1.165) is 16.6 Å². The average Bonchev–Trinajstić information content (AvgIpc) is 3.32. The van der Waals surface area contributed by atoms with E-state index in [1.54, 1.807) is 38.5 Å². The Morgan fingerprint density at radius 3 is 2.58 bits per heavy atom. The number of anilines is 3. The topological polar surface area (TPSA) is 154 Å². The largest absolute Gasteiger partial charge is 0.462 e. The summed E-state index contributed by atoms with van der Waals surface area (Å²) in [7, 11) is 0. The third-order valence-electron chi connectivity index (χ3n) is 5.89. The van der Waals surface area contributed by atoms with Gasteiger partial charge in [0.15, 0.2) is 0 Å². The zero-order chi connectivity index (χ0) is 25.6. The minimum absolute atomic E-state index is 0.000720. The van der Waals surface area contributed by atoms with Crippen LogP contribution in [0, 0.1) is 20.8 Å². The predicted octanol–water partition coefficient (Wildman–Crippen LogP) is 3.48. The van der Waals surface area contributed by atoms with E-state index in [0.29, 0.717) is 28.4 Å². The lowest BCUT2D eigenvalue weighted by atomic mass is 10.1. The summed E-state index contributed by atoms with van der Waals surface area (Å²) in [4.78, 5) is 40.1. The third kappa shape index (κ3) is 3.70. The molecule has 0 bridgehead atoms. The molecule has 0 atom stereocenters. The van der Waals surface area contributed by atoms with E-state index in [-0.39, 0.29) is 28.9 Å². The monoisotopic (exact) mass is 484 g/mol. The van der Waals surface area contributed by atoms with Crippen molar-refractivity contribution in [2.45, 2.75) is 27.7 Å². The SMILES string of the molecule is CCOC(=O)c1c(N)n(-c2c(C)ccc3[nH]ncc23)c(=O)c2cc(C)c(Nc3ncc(C)cn3)nc12. The van der Waals surface area contributed by atoms with Gasteiger partial charge in [-0.25, -0.2) is 19.7 Å². The smallest absolute Gasteiger partial charge is 0.344 e. The summed E-state index contributed by atoms with van der Waals surface area (Å²) in [5.41, 5.74) is 9.87. The highest BCUT2D eigenvalue weighted by molar-refractivity contribution is 6.08. The predicted molar refractivity (Wildman–Crippen MR) is 137 cm³/mol. The van der Waals surface area contributed by atoms with Gasteiger partial charge in [-0.05, 0) is 56.5 Å². The summed E-state index contributed by atoms with van der Waals surface area (Å²) >= 11 is 0. The third-order valence-corrected chi connectivity index (χ3v) is 5.89. The van der Waals surface area contributed by atoms with Crippen molar-refractivity contribution in [3.8, 4) is 5.69 Å². The number of ether oxygens (including phenoxy) is 1. The summed E-state index contributed by atoms with van der Waals surface area (Å²) < 4.78 is 6.65. The molecule has 0 spiro atoms. The number of carbonyl (C=O) groups excluding carboxylic acids is 1. The molecule has 0 fully saturated rings. The molecule has 5 aromatic rings. The highest BCUT2D eigenvalue weighted by Gasteiger charge is 2.26. The molecule has 0 saturated carbocycles. The fourth-order valence-corrected chi connectivity index (χ4v) is 4.15. The zero-order valence-corrected chi connectivity index (χ0v) is 20.2. The fourth-order valence-electron chi connectivity index (χ4n) is 4.15. The fraction of sp³-hybridized carbons (Fsp3) is 0.200. The summed E-state index contributed by atoms with van der Waals surface area (Å²) in [5.74, 6) is -0.0327. The summed E-state index contributed by atoms with van der Waals surface area (Å²) in [6.07, 6.45) is 4.96. The lowest BCUT2D eigenvalue weighted by Crippen LogP contribution is -2.27. The number of benzene rings is 1. The van der Waals surface area contributed by atoms with E-state index in [4.69, 9.17) is 10.5 Å². The van der Waals surface area contributed by atoms with Crippen LogP contribution in [0.15, 0.2) is 41.6 Å². The zero-order valence-electron chi connectivity index (χ0n) is 20.2. The number of aromatic nitrogens is 6. The van der Waals surface area contributed by atoms with Crippen LogP contribution in [0.3, 0.4) is 0 Å². The standard InChI is InChI=1S/C25H24N8O3/c1-5-36-24(35)18-19-15(8-14(4)22(30-19)31-25-27-9-12(2)10-28-25)23(34)33(21(18)26)20-13(3)6-7-17-16(20)11-29-32-17/h6-11H,5,26H2,1-4H3,(H,29,32)(H,27,28,30,31). The number of hydrogen-bond donors (Lipinski definition) is 3. The summed E-state index contributed by atoms with van der Waals surface area (Å²) in [6.45, 7) is 7.37. The highest BCUT2D eigenvalue weighted by atomic mass is 16.5. The van der Waals surface area contributed by atoms with Crippen LogP contribution in [0.5, 0.6) is 0 Å². The Labute approximate surface area is 205 Å². The van der Waals surface area contributed by atoms with Crippen LogP contribution in [0.25, 0.3) is 27.5 Å². The average molecular weight is 485 g/mol. The molecule has 4 aromatic heterocycles. The maximum absolute atomic E-state index is 13.9. The van der Waals surface area contributed by atoms with Gasteiger partial charge >= 0.3 is 5.97 Å². The molecule has 0 saturated heterocycles. The molecule has 0 unspecified atom stereocenters. The van der Waals surface area contributed by atoms with Gasteiger partial charge in [0.05, 0.1) is 34.9 Å². The van der Waals surface area contributed by atoms with Crippen molar-refractivity contribution in [1.29, 1.82) is 0 Å². The number of fused-ring (bicyclic) bond motifs is 2. The van der Waals surface area contributed by atoms with Gasteiger partial charge in [-0.15, -0.1) is 0 Å². The van der Waals surface area contributed by atoms with Gasteiger partial charge in [0, 0.05) is 17.8 Å². The first kappa shape index (κ1) is 23.0. The number of carbonyl (C=O) groups is 1. The van der Waals surface area contributed by atoms with E-state index in [2.05, 4.69) is 30.5 Å². The second-order valence-corrected chi connectivity index (χ2v) is 8.44. The lowest BCUT2D eigenvalue weighted by Gasteiger charge is -2.19. The van der Waals surface area contributed by atoms with Gasteiger partial charge in [0.1, 0.15) is 17.2 Å². The first-order valence-electron chi connectivity index (χ1n) is 11.3. The molecule has 36 heavy (non-hydrogen) atoms. The number of nitrogens with one attached hydrogen (secondary N) is 2. The van der Waals surface area contributed by atoms with Crippen LogP contribution < -0.4 is 16.6 Å². The molecular weight excluding hydrogens is 460 g/mol. The molecule has 4 heterocycles. The van der Waals surface area contributed by atoms with Crippen molar-refractivity contribution in [2.24, 2.45) is 0 Å². The lowest BCUT2D eigenvalue weighted by molar-refractivity contribution is 0.0529. The second-order valence-electron chi connectivity index (χ2n) is 8.44. The number of nitrogen functional groups attached to an aromatic ring is 1. The minimum Gasteiger partial charge on any atom is -0.462 e. The number of aryl methyl sites for hydroxylation is 3. The Morgan fingerprint density at radius 1 is 1.11 bits per heavy atom. The van der Waals surface area contributed by atoms with Crippen molar-refractivity contribution in [3.63, 3.8) is 0 Å². The number of nitrogens with two attached hydrogens (primary N) is 1. The molecule has 5 rings (SSSR count). The van der Waals surface area contributed by atoms with Crippen LogP contribution in [0.4, 0.5) is 17.6 Å². The molecule has 0 radical (unpaired) electrons. The number of nitrogens with zero attached hydrogens (tertiary/aromatic N) is 5. The maximum Gasteiger partial charge on any atom is 0.344 e. The van der Waals surface area contributed by atoms with Crippen molar-refractivity contribution >= 4 is 45.4 Å². The minimum atomic E-state index is -0.681. The normalized spacial score (nSPS) is 11.2. The number of pyridine rings is 2. The first-order chi connectivity index (χ1) is 17.3. The number of hydrogen-bond acceptors (Lipinski definition) is 9. The number of H-pyrrole nitrogens is 1. The van der Waals surface area contributed by atoms with Gasteiger partial charge in [-0.3, -0.25) is 14.5 Å².